The summed E-state index contributed by atoms with van der Waals surface area (Å²) in [6, 6.07) is 0. The van der Waals surface area contributed by atoms with E-state index in [-0.39, 0.29) is 17.7 Å². The third kappa shape index (κ3) is 5.17. The summed E-state index contributed by atoms with van der Waals surface area (Å²) in [6.07, 6.45) is 1.21. The summed E-state index contributed by atoms with van der Waals surface area (Å²) in [5, 5.41) is 5.47. The second kappa shape index (κ2) is 7.27. The van der Waals surface area contributed by atoms with E-state index in [1.165, 1.54) is 0 Å². The van der Waals surface area contributed by atoms with Crippen LogP contribution in [0.4, 0.5) is 0 Å². The maximum atomic E-state index is 11.8. The molecule has 4 N–H and O–H groups in total. The Morgan fingerprint density at radius 2 is 1.59 bits per heavy atom. The Balaban J connectivity index is 3.90. The minimum absolute atomic E-state index is 0.00996. The first-order chi connectivity index (χ1) is 7.87. The number of hydrogen-bond acceptors (Lipinski definition) is 3. The Bertz CT molecular complexity index is 260. The van der Waals surface area contributed by atoms with Gasteiger partial charge in [0.05, 0.1) is 5.54 Å². The monoisotopic (exact) mass is 243 g/mol. The van der Waals surface area contributed by atoms with Crippen LogP contribution in [0.1, 0.15) is 40.5 Å². The van der Waals surface area contributed by atoms with Gasteiger partial charge in [0, 0.05) is 19.0 Å². The van der Waals surface area contributed by atoms with Crippen LogP contribution in [0.15, 0.2) is 0 Å². The van der Waals surface area contributed by atoms with Crippen molar-refractivity contribution in [3.05, 3.63) is 0 Å². The van der Waals surface area contributed by atoms with Gasteiger partial charge in [0.25, 0.3) is 0 Å². The Hall–Kier alpha value is -1.10. The van der Waals surface area contributed by atoms with Crippen molar-refractivity contribution < 1.29 is 9.59 Å². The largest absolute Gasteiger partial charge is 0.354 e. The van der Waals surface area contributed by atoms with Crippen LogP contribution in [0, 0.1) is 5.92 Å². The number of amides is 2. The van der Waals surface area contributed by atoms with E-state index in [1.807, 2.05) is 27.7 Å². The minimum Gasteiger partial charge on any atom is -0.354 e. The summed E-state index contributed by atoms with van der Waals surface area (Å²) in [6.45, 7) is 8.29. The molecule has 0 aromatic rings. The fraction of sp³-hybridized carbons (Fsp3) is 0.833. The molecule has 0 saturated carbocycles. The Morgan fingerprint density at radius 1 is 1.12 bits per heavy atom. The van der Waals surface area contributed by atoms with Crippen LogP contribution in [0.3, 0.4) is 0 Å². The first-order valence-electron chi connectivity index (χ1n) is 6.22. The first kappa shape index (κ1) is 15.9. The molecule has 100 valence electrons. The topological polar surface area (TPSA) is 84.2 Å². The Kier molecular flexibility index (Phi) is 6.80. The van der Waals surface area contributed by atoms with Crippen LogP contribution in [0.25, 0.3) is 0 Å². The number of hydrogen-bond donors (Lipinski definition) is 3. The van der Waals surface area contributed by atoms with Crippen molar-refractivity contribution in [2.75, 3.05) is 13.1 Å². The molecule has 0 atom stereocenters. The van der Waals surface area contributed by atoms with E-state index in [0.717, 1.165) is 0 Å². The standard InChI is InChI=1S/C12H25N3O2/c1-5-12(13,6-2)11(17)15-8-7-14-10(16)9(3)4/h9H,5-8,13H2,1-4H3,(H,14,16)(H,15,17). The van der Waals surface area contributed by atoms with Gasteiger partial charge in [-0.3, -0.25) is 9.59 Å². The molecule has 2 amide bonds. The molecule has 0 aliphatic rings. The molecule has 0 aliphatic heterocycles. The number of carbonyl (C=O) groups is 2. The Morgan fingerprint density at radius 3 is 2.00 bits per heavy atom. The Labute approximate surface area is 104 Å². The van der Waals surface area contributed by atoms with Crippen LogP contribution in [-0.2, 0) is 9.59 Å². The average molecular weight is 243 g/mol. The second-order valence-electron chi connectivity index (χ2n) is 4.56. The number of rotatable bonds is 7. The van der Waals surface area contributed by atoms with Crippen molar-refractivity contribution in [1.29, 1.82) is 0 Å². The molecule has 0 heterocycles. The van der Waals surface area contributed by atoms with Gasteiger partial charge < -0.3 is 16.4 Å². The molecular weight excluding hydrogens is 218 g/mol. The maximum absolute atomic E-state index is 11.8. The van der Waals surface area contributed by atoms with Crippen molar-refractivity contribution in [1.82, 2.24) is 10.6 Å². The molecule has 0 aromatic heterocycles. The van der Waals surface area contributed by atoms with E-state index in [4.69, 9.17) is 5.73 Å². The van der Waals surface area contributed by atoms with E-state index in [9.17, 15) is 9.59 Å². The molecule has 0 bridgehead atoms. The highest BCUT2D eigenvalue weighted by molar-refractivity contribution is 5.86. The molecule has 0 aliphatic carbocycles. The van der Waals surface area contributed by atoms with Gasteiger partial charge in [-0.05, 0) is 12.8 Å². The van der Waals surface area contributed by atoms with Crippen molar-refractivity contribution in [3.8, 4) is 0 Å². The highest BCUT2D eigenvalue weighted by Gasteiger charge is 2.29. The fourth-order valence-electron chi connectivity index (χ4n) is 1.31. The molecule has 5 nitrogen and oxygen atoms in total. The number of carbonyl (C=O) groups excluding carboxylic acids is 2. The molecule has 0 fully saturated rings. The summed E-state index contributed by atoms with van der Waals surface area (Å²) in [4.78, 5) is 23.0. The number of nitrogens with one attached hydrogen (secondary N) is 2. The van der Waals surface area contributed by atoms with Gasteiger partial charge in [0.2, 0.25) is 11.8 Å². The zero-order chi connectivity index (χ0) is 13.5. The number of nitrogens with two attached hydrogens (primary N) is 1. The van der Waals surface area contributed by atoms with E-state index < -0.39 is 5.54 Å². The molecule has 0 rings (SSSR count). The third-order valence-corrected chi connectivity index (χ3v) is 2.95. The lowest BCUT2D eigenvalue weighted by Crippen LogP contribution is -2.54. The molecule has 5 heteroatoms. The summed E-state index contributed by atoms with van der Waals surface area (Å²) < 4.78 is 0. The van der Waals surface area contributed by atoms with E-state index in [2.05, 4.69) is 10.6 Å². The quantitative estimate of drug-likeness (QED) is 0.566. The summed E-state index contributed by atoms with van der Waals surface area (Å²) in [7, 11) is 0. The third-order valence-electron chi connectivity index (χ3n) is 2.95. The molecule has 0 saturated heterocycles. The van der Waals surface area contributed by atoms with Gasteiger partial charge >= 0.3 is 0 Å². The lowest BCUT2D eigenvalue weighted by Gasteiger charge is -2.25. The predicted molar refractivity (Wildman–Crippen MR) is 68.4 cm³/mol. The minimum atomic E-state index is -0.790. The zero-order valence-electron chi connectivity index (χ0n) is 11.3. The van der Waals surface area contributed by atoms with Gasteiger partial charge in [-0.25, -0.2) is 0 Å². The zero-order valence-corrected chi connectivity index (χ0v) is 11.3. The molecule has 17 heavy (non-hydrogen) atoms. The van der Waals surface area contributed by atoms with Crippen LogP contribution >= 0.6 is 0 Å². The smallest absolute Gasteiger partial charge is 0.240 e. The maximum Gasteiger partial charge on any atom is 0.240 e. The van der Waals surface area contributed by atoms with E-state index >= 15 is 0 Å². The first-order valence-corrected chi connectivity index (χ1v) is 6.22. The molecule has 0 unspecified atom stereocenters. The molecule has 0 radical (unpaired) electrons. The van der Waals surface area contributed by atoms with Crippen molar-refractivity contribution in [3.63, 3.8) is 0 Å². The van der Waals surface area contributed by atoms with Gasteiger partial charge in [0.15, 0.2) is 0 Å². The van der Waals surface area contributed by atoms with Gasteiger partial charge in [-0.1, -0.05) is 27.7 Å². The molecular formula is C12H25N3O2. The summed E-state index contributed by atoms with van der Waals surface area (Å²) in [5.74, 6) is -0.198. The van der Waals surface area contributed by atoms with Gasteiger partial charge in [-0.2, -0.15) is 0 Å². The predicted octanol–water partition coefficient (Wildman–Crippen LogP) is 0.392. The second-order valence-corrected chi connectivity index (χ2v) is 4.56. The van der Waals surface area contributed by atoms with E-state index in [1.54, 1.807) is 0 Å². The lowest BCUT2D eigenvalue weighted by atomic mass is 9.93. The van der Waals surface area contributed by atoms with Crippen molar-refractivity contribution in [2.45, 2.75) is 46.1 Å². The van der Waals surface area contributed by atoms with Crippen LogP contribution in [0.5, 0.6) is 0 Å². The van der Waals surface area contributed by atoms with Crippen molar-refractivity contribution in [2.24, 2.45) is 11.7 Å². The van der Waals surface area contributed by atoms with Crippen LogP contribution < -0.4 is 16.4 Å². The van der Waals surface area contributed by atoms with Gasteiger partial charge in [0.1, 0.15) is 0 Å². The highest BCUT2D eigenvalue weighted by Crippen LogP contribution is 2.10. The lowest BCUT2D eigenvalue weighted by molar-refractivity contribution is -0.127. The normalized spacial score (nSPS) is 11.4. The van der Waals surface area contributed by atoms with Crippen molar-refractivity contribution >= 4 is 11.8 Å². The molecule has 0 spiro atoms. The van der Waals surface area contributed by atoms with E-state index in [0.29, 0.717) is 25.9 Å². The summed E-state index contributed by atoms with van der Waals surface area (Å²) >= 11 is 0. The average Bonchev–Trinajstić information content (AvgIpc) is 2.32. The molecule has 0 aromatic carbocycles. The van der Waals surface area contributed by atoms with Gasteiger partial charge in [-0.15, -0.1) is 0 Å². The highest BCUT2D eigenvalue weighted by atomic mass is 16.2. The van der Waals surface area contributed by atoms with Crippen LogP contribution in [0.2, 0.25) is 0 Å². The van der Waals surface area contributed by atoms with Crippen LogP contribution in [-0.4, -0.2) is 30.4 Å². The SMILES string of the molecule is CCC(N)(CC)C(=O)NCCNC(=O)C(C)C. The summed E-state index contributed by atoms with van der Waals surface area (Å²) in [5.41, 5.74) is 5.14. The fourth-order valence-corrected chi connectivity index (χ4v) is 1.31.